The van der Waals surface area contributed by atoms with Crippen molar-refractivity contribution in [3.63, 3.8) is 0 Å². The first-order valence-electron chi connectivity index (χ1n) is 7.84. The summed E-state index contributed by atoms with van der Waals surface area (Å²) in [6.07, 6.45) is 9.53. The van der Waals surface area contributed by atoms with E-state index in [1.807, 2.05) is 0 Å². The van der Waals surface area contributed by atoms with Gasteiger partial charge in [-0.05, 0) is 57.8 Å². The van der Waals surface area contributed by atoms with E-state index in [1.54, 1.807) is 0 Å². The van der Waals surface area contributed by atoms with Crippen LogP contribution in [0.25, 0.3) is 0 Å². The average Bonchev–Trinajstić information content (AvgIpc) is 3.02. The maximum atomic E-state index is 6.19. The molecule has 1 saturated heterocycles. The van der Waals surface area contributed by atoms with E-state index >= 15 is 0 Å². The lowest BCUT2D eigenvalue weighted by Gasteiger charge is -2.33. The van der Waals surface area contributed by atoms with Crippen LogP contribution in [0.3, 0.4) is 0 Å². The van der Waals surface area contributed by atoms with Crippen molar-refractivity contribution < 1.29 is 4.74 Å². The first-order chi connectivity index (χ1) is 8.42. The highest BCUT2D eigenvalue weighted by atomic mass is 16.5. The molecule has 2 nitrogen and oxygen atoms in total. The quantitative estimate of drug-likeness (QED) is 0.743. The lowest BCUT2D eigenvalue weighted by atomic mass is 9.79. The van der Waals surface area contributed by atoms with Crippen molar-refractivity contribution in [3.05, 3.63) is 0 Å². The summed E-state index contributed by atoms with van der Waals surface area (Å²) in [6, 6.07) is 0.821. The zero-order valence-corrected chi connectivity index (χ0v) is 12.7. The van der Waals surface area contributed by atoms with Gasteiger partial charge in [-0.15, -0.1) is 0 Å². The van der Waals surface area contributed by atoms with E-state index in [0.29, 0.717) is 11.5 Å². The summed E-state index contributed by atoms with van der Waals surface area (Å²) in [5, 5.41) is 3.72. The molecular weight excluding hydrogens is 222 g/mol. The van der Waals surface area contributed by atoms with Crippen LogP contribution in [-0.4, -0.2) is 24.3 Å². The van der Waals surface area contributed by atoms with Crippen LogP contribution in [-0.2, 0) is 4.74 Å². The Hall–Kier alpha value is -0.0800. The SMILES string of the molecule is CCCC(C)(CNC1CC1)CC1CCC(C)(C)O1. The van der Waals surface area contributed by atoms with E-state index in [2.05, 4.69) is 33.0 Å². The number of hydrogen-bond acceptors (Lipinski definition) is 2. The van der Waals surface area contributed by atoms with Crippen molar-refractivity contribution in [1.29, 1.82) is 0 Å². The number of hydrogen-bond donors (Lipinski definition) is 1. The van der Waals surface area contributed by atoms with Crippen molar-refractivity contribution in [2.45, 2.75) is 90.4 Å². The second-order valence-corrected chi connectivity index (χ2v) is 7.46. The van der Waals surface area contributed by atoms with Gasteiger partial charge in [0.2, 0.25) is 0 Å². The Morgan fingerprint density at radius 2 is 2.00 bits per heavy atom. The molecule has 2 rings (SSSR count). The van der Waals surface area contributed by atoms with Crippen molar-refractivity contribution in [1.82, 2.24) is 5.32 Å². The fourth-order valence-electron chi connectivity index (χ4n) is 3.32. The topological polar surface area (TPSA) is 21.3 Å². The van der Waals surface area contributed by atoms with E-state index in [4.69, 9.17) is 4.74 Å². The Morgan fingerprint density at radius 3 is 2.50 bits per heavy atom. The Labute approximate surface area is 113 Å². The van der Waals surface area contributed by atoms with Crippen molar-refractivity contribution in [2.75, 3.05) is 6.54 Å². The minimum atomic E-state index is 0.113. The van der Waals surface area contributed by atoms with Crippen molar-refractivity contribution in [2.24, 2.45) is 5.41 Å². The third-order valence-corrected chi connectivity index (χ3v) is 4.52. The van der Waals surface area contributed by atoms with Gasteiger partial charge in [-0.25, -0.2) is 0 Å². The maximum absolute atomic E-state index is 6.19. The molecule has 0 radical (unpaired) electrons. The second-order valence-electron chi connectivity index (χ2n) is 7.46. The second kappa shape index (κ2) is 5.50. The molecule has 0 spiro atoms. The van der Waals surface area contributed by atoms with Crippen LogP contribution in [0.15, 0.2) is 0 Å². The zero-order chi connectivity index (χ0) is 13.2. The molecule has 1 aliphatic heterocycles. The number of nitrogens with one attached hydrogen (secondary N) is 1. The molecule has 1 heterocycles. The van der Waals surface area contributed by atoms with Crippen LogP contribution >= 0.6 is 0 Å². The molecule has 1 aliphatic carbocycles. The first kappa shape index (κ1) is 14.3. The van der Waals surface area contributed by atoms with Crippen LogP contribution in [0.4, 0.5) is 0 Å². The van der Waals surface area contributed by atoms with E-state index in [9.17, 15) is 0 Å². The lowest BCUT2D eigenvalue weighted by molar-refractivity contribution is -0.0347. The van der Waals surface area contributed by atoms with Gasteiger partial charge < -0.3 is 10.1 Å². The molecule has 0 aromatic carbocycles. The standard InChI is InChI=1S/C16H31NO/c1-5-9-16(4,12-17-13-6-7-13)11-14-8-10-15(2,3)18-14/h13-14,17H,5-12H2,1-4H3. The summed E-state index contributed by atoms with van der Waals surface area (Å²) in [4.78, 5) is 0. The molecule has 2 unspecified atom stereocenters. The maximum Gasteiger partial charge on any atom is 0.0631 e. The number of rotatable bonds is 7. The summed E-state index contributed by atoms with van der Waals surface area (Å²) in [7, 11) is 0. The van der Waals surface area contributed by atoms with E-state index in [0.717, 1.165) is 6.04 Å². The molecule has 106 valence electrons. The van der Waals surface area contributed by atoms with Gasteiger partial charge in [0, 0.05) is 12.6 Å². The Morgan fingerprint density at radius 1 is 1.28 bits per heavy atom. The molecule has 18 heavy (non-hydrogen) atoms. The minimum absolute atomic E-state index is 0.113. The highest BCUT2D eigenvalue weighted by Gasteiger charge is 2.37. The molecule has 2 atom stereocenters. The molecule has 0 aromatic rings. The lowest BCUT2D eigenvalue weighted by Crippen LogP contribution is -2.36. The highest BCUT2D eigenvalue weighted by molar-refractivity contribution is 4.89. The van der Waals surface area contributed by atoms with E-state index in [1.165, 1.54) is 51.5 Å². The van der Waals surface area contributed by atoms with Gasteiger partial charge in [-0.1, -0.05) is 20.3 Å². The monoisotopic (exact) mass is 253 g/mol. The van der Waals surface area contributed by atoms with Crippen LogP contribution in [0, 0.1) is 5.41 Å². The first-order valence-corrected chi connectivity index (χ1v) is 7.84. The van der Waals surface area contributed by atoms with E-state index < -0.39 is 0 Å². The molecule has 1 N–H and O–H groups in total. The zero-order valence-electron chi connectivity index (χ0n) is 12.7. The summed E-state index contributed by atoms with van der Waals surface area (Å²) in [5.41, 5.74) is 0.532. The molecule has 0 aromatic heterocycles. The Bertz CT molecular complexity index is 272. The molecule has 1 saturated carbocycles. The summed E-state index contributed by atoms with van der Waals surface area (Å²) in [5.74, 6) is 0. The largest absolute Gasteiger partial charge is 0.372 e. The van der Waals surface area contributed by atoms with Gasteiger partial charge in [0.15, 0.2) is 0 Å². The molecule has 2 heteroatoms. The third-order valence-electron chi connectivity index (χ3n) is 4.52. The molecule has 2 fully saturated rings. The smallest absolute Gasteiger partial charge is 0.0631 e. The van der Waals surface area contributed by atoms with Crippen LogP contribution in [0.1, 0.15) is 72.6 Å². The van der Waals surface area contributed by atoms with Gasteiger partial charge >= 0.3 is 0 Å². The average molecular weight is 253 g/mol. The minimum Gasteiger partial charge on any atom is -0.372 e. The molecule has 0 amide bonds. The van der Waals surface area contributed by atoms with Gasteiger partial charge in [0.05, 0.1) is 11.7 Å². The van der Waals surface area contributed by atoms with Crippen molar-refractivity contribution in [3.8, 4) is 0 Å². The fraction of sp³-hybridized carbons (Fsp3) is 1.00. The number of ether oxygens (including phenoxy) is 1. The fourth-order valence-corrected chi connectivity index (χ4v) is 3.32. The molecular formula is C16H31NO. The van der Waals surface area contributed by atoms with Crippen molar-refractivity contribution >= 4 is 0 Å². The normalized spacial score (nSPS) is 30.3. The van der Waals surface area contributed by atoms with Crippen LogP contribution < -0.4 is 5.32 Å². The van der Waals surface area contributed by atoms with E-state index in [-0.39, 0.29) is 5.60 Å². The van der Waals surface area contributed by atoms with Gasteiger partial charge in [0.25, 0.3) is 0 Å². The Balaban J connectivity index is 1.83. The predicted molar refractivity (Wildman–Crippen MR) is 76.8 cm³/mol. The van der Waals surface area contributed by atoms with Crippen LogP contribution in [0.2, 0.25) is 0 Å². The summed E-state index contributed by atoms with van der Waals surface area (Å²) >= 11 is 0. The Kier molecular flexibility index (Phi) is 4.38. The van der Waals surface area contributed by atoms with Gasteiger partial charge in [-0.2, -0.15) is 0 Å². The van der Waals surface area contributed by atoms with Crippen LogP contribution in [0.5, 0.6) is 0 Å². The predicted octanol–water partition coefficient (Wildman–Crippen LogP) is 3.89. The molecule has 0 bridgehead atoms. The van der Waals surface area contributed by atoms with Gasteiger partial charge in [0.1, 0.15) is 0 Å². The molecule has 2 aliphatic rings. The van der Waals surface area contributed by atoms with Gasteiger partial charge in [-0.3, -0.25) is 0 Å². The highest BCUT2D eigenvalue weighted by Crippen LogP contribution is 2.38. The third kappa shape index (κ3) is 4.24. The summed E-state index contributed by atoms with van der Waals surface area (Å²) < 4.78 is 6.19. The summed E-state index contributed by atoms with van der Waals surface area (Å²) in [6.45, 7) is 10.4.